The highest BCUT2D eigenvalue weighted by molar-refractivity contribution is 7.99. The third-order valence-electron chi connectivity index (χ3n) is 2.74. The van der Waals surface area contributed by atoms with E-state index in [1.165, 1.54) is 24.0 Å². The van der Waals surface area contributed by atoms with E-state index in [-0.39, 0.29) is 23.3 Å². The van der Waals surface area contributed by atoms with Gasteiger partial charge in [-0.25, -0.2) is 4.98 Å². The van der Waals surface area contributed by atoms with Crippen molar-refractivity contribution >= 4 is 29.3 Å². The summed E-state index contributed by atoms with van der Waals surface area (Å²) in [6, 6.07) is 8.53. The number of hydrogen-bond donors (Lipinski definition) is 2. The van der Waals surface area contributed by atoms with Gasteiger partial charge in [0.05, 0.1) is 11.8 Å². The summed E-state index contributed by atoms with van der Waals surface area (Å²) in [5.74, 6) is 0.0548. The molecule has 0 spiro atoms. The molecule has 0 saturated carbocycles. The number of H-pyrrole nitrogens is 1. The Hall–Kier alpha value is -1.79. The van der Waals surface area contributed by atoms with Gasteiger partial charge in [-0.15, -0.1) is 0 Å². The molecule has 110 valence electrons. The maximum absolute atomic E-state index is 11.9. The predicted octanol–water partition coefficient (Wildman–Crippen LogP) is 2.39. The molecule has 0 radical (unpaired) electrons. The Morgan fingerprint density at radius 2 is 2.10 bits per heavy atom. The molecule has 1 amide bonds. The number of thioether (sulfide) groups is 1. The molecule has 1 atom stereocenters. The van der Waals surface area contributed by atoms with Gasteiger partial charge in [-0.05, 0) is 24.6 Å². The van der Waals surface area contributed by atoms with Crippen LogP contribution in [0.25, 0.3) is 0 Å². The summed E-state index contributed by atoms with van der Waals surface area (Å²) >= 11 is 7.01. The van der Waals surface area contributed by atoms with Crippen molar-refractivity contribution in [3.8, 4) is 0 Å². The SMILES string of the molecule is C[C@H](NC(=O)CSc1nccc(=O)[nH]1)c1ccc(Cl)cc1. The normalized spacial score (nSPS) is 11.9. The van der Waals surface area contributed by atoms with Crippen LogP contribution in [-0.2, 0) is 4.79 Å². The number of nitrogens with one attached hydrogen (secondary N) is 2. The highest BCUT2D eigenvalue weighted by Gasteiger charge is 2.10. The topological polar surface area (TPSA) is 74.8 Å². The van der Waals surface area contributed by atoms with Gasteiger partial charge in [-0.2, -0.15) is 0 Å². The molecule has 7 heteroatoms. The largest absolute Gasteiger partial charge is 0.349 e. The van der Waals surface area contributed by atoms with E-state index in [2.05, 4.69) is 15.3 Å². The number of amides is 1. The molecule has 0 fully saturated rings. The van der Waals surface area contributed by atoms with E-state index in [9.17, 15) is 9.59 Å². The fourth-order valence-electron chi connectivity index (χ4n) is 1.68. The molecular weight excluding hydrogens is 310 g/mol. The van der Waals surface area contributed by atoms with Crippen molar-refractivity contribution in [3.63, 3.8) is 0 Å². The molecule has 1 aromatic carbocycles. The minimum atomic E-state index is -0.234. The van der Waals surface area contributed by atoms with Gasteiger partial charge in [-0.3, -0.25) is 9.59 Å². The number of halogens is 1. The molecule has 0 aliphatic carbocycles. The van der Waals surface area contributed by atoms with Crippen LogP contribution in [0.5, 0.6) is 0 Å². The highest BCUT2D eigenvalue weighted by Crippen LogP contribution is 2.16. The maximum atomic E-state index is 11.9. The molecule has 21 heavy (non-hydrogen) atoms. The van der Waals surface area contributed by atoms with Crippen LogP contribution in [0.15, 0.2) is 46.5 Å². The molecule has 1 heterocycles. The molecule has 0 unspecified atom stereocenters. The van der Waals surface area contributed by atoms with Gasteiger partial charge in [0, 0.05) is 17.3 Å². The second-order valence-electron chi connectivity index (χ2n) is 4.37. The fourth-order valence-corrected chi connectivity index (χ4v) is 2.46. The Morgan fingerprint density at radius 1 is 1.38 bits per heavy atom. The second-order valence-corrected chi connectivity index (χ2v) is 5.77. The van der Waals surface area contributed by atoms with E-state index in [0.717, 1.165) is 5.56 Å². The van der Waals surface area contributed by atoms with Gasteiger partial charge in [-0.1, -0.05) is 35.5 Å². The van der Waals surface area contributed by atoms with E-state index in [1.807, 2.05) is 19.1 Å². The lowest BCUT2D eigenvalue weighted by molar-refractivity contribution is -0.119. The fraction of sp³-hybridized carbons (Fsp3) is 0.214. The quantitative estimate of drug-likeness (QED) is 0.654. The molecule has 5 nitrogen and oxygen atoms in total. The lowest BCUT2D eigenvalue weighted by atomic mass is 10.1. The summed E-state index contributed by atoms with van der Waals surface area (Å²) in [5, 5.41) is 3.96. The van der Waals surface area contributed by atoms with Gasteiger partial charge in [0.2, 0.25) is 5.91 Å². The lowest BCUT2D eigenvalue weighted by Gasteiger charge is -2.14. The Morgan fingerprint density at radius 3 is 2.76 bits per heavy atom. The van der Waals surface area contributed by atoms with Crippen LogP contribution < -0.4 is 10.9 Å². The number of hydrogen-bond acceptors (Lipinski definition) is 4. The minimum Gasteiger partial charge on any atom is -0.349 e. The first-order valence-electron chi connectivity index (χ1n) is 6.27. The first kappa shape index (κ1) is 15.6. The monoisotopic (exact) mass is 323 g/mol. The van der Waals surface area contributed by atoms with Crippen molar-refractivity contribution in [3.05, 3.63) is 57.5 Å². The van der Waals surface area contributed by atoms with Crippen molar-refractivity contribution in [2.45, 2.75) is 18.1 Å². The van der Waals surface area contributed by atoms with Crippen LogP contribution >= 0.6 is 23.4 Å². The number of benzene rings is 1. The van der Waals surface area contributed by atoms with Crippen molar-refractivity contribution in [1.82, 2.24) is 15.3 Å². The summed E-state index contributed by atoms with van der Waals surface area (Å²) in [7, 11) is 0. The van der Waals surface area contributed by atoms with E-state index >= 15 is 0 Å². The smallest absolute Gasteiger partial charge is 0.251 e. The van der Waals surface area contributed by atoms with Gasteiger partial charge >= 0.3 is 0 Å². The van der Waals surface area contributed by atoms with E-state index in [0.29, 0.717) is 10.2 Å². The summed E-state index contributed by atoms with van der Waals surface area (Å²) in [5.41, 5.74) is 0.742. The zero-order valence-electron chi connectivity index (χ0n) is 11.3. The Labute approximate surface area is 131 Å². The van der Waals surface area contributed by atoms with E-state index in [4.69, 9.17) is 11.6 Å². The average molecular weight is 324 g/mol. The molecule has 2 aromatic rings. The predicted molar refractivity (Wildman–Crippen MR) is 83.6 cm³/mol. The van der Waals surface area contributed by atoms with Crippen LogP contribution in [-0.4, -0.2) is 21.6 Å². The zero-order valence-corrected chi connectivity index (χ0v) is 12.9. The Kier molecular flexibility index (Phi) is 5.41. The molecule has 2 rings (SSSR count). The number of nitrogens with zero attached hydrogens (tertiary/aromatic N) is 1. The zero-order chi connectivity index (χ0) is 15.2. The number of carbonyl (C=O) groups is 1. The van der Waals surface area contributed by atoms with E-state index in [1.54, 1.807) is 12.1 Å². The first-order valence-corrected chi connectivity index (χ1v) is 7.64. The third-order valence-corrected chi connectivity index (χ3v) is 3.87. The average Bonchev–Trinajstić information content (AvgIpc) is 2.46. The van der Waals surface area contributed by atoms with Crippen molar-refractivity contribution < 1.29 is 4.79 Å². The third kappa shape index (κ3) is 4.91. The lowest BCUT2D eigenvalue weighted by Crippen LogP contribution is -2.28. The van der Waals surface area contributed by atoms with Crippen LogP contribution in [0.2, 0.25) is 5.02 Å². The standard InChI is InChI=1S/C14H14ClN3O2S/c1-9(10-2-4-11(15)5-3-10)17-13(20)8-21-14-16-7-6-12(19)18-14/h2-7,9H,8H2,1H3,(H,17,20)(H,16,18,19)/t9-/m0/s1. The van der Waals surface area contributed by atoms with Crippen molar-refractivity contribution in [1.29, 1.82) is 0 Å². The molecular formula is C14H14ClN3O2S. The van der Waals surface area contributed by atoms with Crippen molar-refractivity contribution in [2.24, 2.45) is 0 Å². The molecule has 0 bridgehead atoms. The number of rotatable bonds is 5. The molecule has 0 aliphatic heterocycles. The number of aromatic nitrogens is 2. The molecule has 0 saturated heterocycles. The van der Waals surface area contributed by atoms with Gasteiger partial charge in [0.25, 0.3) is 5.56 Å². The maximum Gasteiger partial charge on any atom is 0.251 e. The van der Waals surface area contributed by atoms with E-state index < -0.39 is 0 Å². The van der Waals surface area contributed by atoms with Crippen LogP contribution in [0.3, 0.4) is 0 Å². The molecule has 1 aromatic heterocycles. The molecule has 0 aliphatic rings. The van der Waals surface area contributed by atoms with Crippen LogP contribution in [0, 0.1) is 0 Å². The second kappa shape index (κ2) is 7.28. The molecule has 2 N–H and O–H groups in total. The Bertz CT molecular complexity index is 672. The van der Waals surface area contributed by atoms with Gasteiger partial charge in [0.15, 0.2) is 5.16 Å². The Balaban J connectivity index is 1.86. The van der Waals surface area contributed by atoms with Gasteiger partial charge in [0.1, 0.15) is 0 Å². The summed E-state index contributed by atoms with van der Waals surface area (Å²) in [6.07, 6.45) is 1.41. The minimum absolute atomic E-state index is 0.113. The van der Waals surface area contributed by atoms with Crippen LogP contribution in [0.1, 0.15) is 18.5 Å². The summed E-state index contributed by atoms with van der Waals surface area (Å²) in [6.45, 7) is 1.90. The first-order chi connectivity index (χ1) is 10.0. The van der Waals surface area contributed by atoms with Crippen molar-refractivity contribution in [2.75, 3.05) is 5.75 Å². The number of aromatic amines is 1. The van der Waals surface area contributed by atoms with Crippen LogP contribution in [0.4, 0.5) is 0 Å². The van der Waals surface area contributed by atoms with Gasteiger partial charge < -0.3 is 10.3 Å². The summed E-state index contributed by atoms with van der Waals surface area (Å²) in [4.78, 5) is 29.5. The summed E-state index contributed by atoms with van der Waals surface area (Å²) < 4.78 is 0. The number of carbonyl (C=O) groups excluding carboxylic acids is 1. The highest BCUT2D eigenvalue weighted by atomic mass is 35.5.